The van der Waals surface area contributed by atoms with E-state index < -0.39 is 0 Å². The zero-order chi connectivity index (χ0) is 8.81. The minimum Gasteiger partial charge on any atom is -0.330 e. The van der Waals surface area contributed by atoms with E-state index in [9.17, 15) is 0 Å². The lowest BCUT2D eigenvalue weighted by molar-refractivity contribution is 0.573. The van der Waals surface area contributed by atoms with Gasteiger partial charge in [-0.2, -0.15) is 0 Å². The van der Waals surface area contributed by atoms with E-state index in [0.717, 1.165) is 6.54 Å². The average molecular weight is 167 g/mol. The summed E-state index contributed by atoms with van der Waals surface area (Å²) >= 11 is 0. The maximum Gasteiger partial charge on any atom is -0.00142 e. The maximum atomic E-state index is 5.65. The molecule has 2 N–H and O–H groups in total. The van der Waals surface area contributed by atoms with Gasteiger partial charge in [0, 0.05) is 0 Å². The van der Waals surface area contributed by atoms with Crippen LogP contribution in [-0.4, -0.2) is 6.54 Å². The fourth-order valence-corrected chi connectivity index (χ4v) is 1.82. The summed E-state index contributed by atoms with van der Waals surface area (Å²) in [6, 6.07) is 0. The van der Waals surface area contributed by atoms with Crippen LogP contribution in [0.2, 0.25) is 0 Å². The first-order valence-electron chi connectivity index (χ1n) is 5.23. The second-order valence-electron chi connectivity index (χ2n) is 3.87. The van der Waals surface area contributed by atoms with E-state index in [-0.39, 0.29) is 0 Å². The highest BCUT2D eigenvalue weighted by Crippen LogP contribution is 2.22. The number of nitrogens with two attached hydrogens (primary N) is 1. The van der Waals surface area contributed by atoms with Gasteiger partial charge < -0.3 is 5.73 Å². The molecule has 1 atom stereocenters. The van der Waals surface area contributed by atoms with Gasteiger partial charge in [0.05, 0.1) is 0 Å². The fraction of sp³-hybridized carbons (Fsp3) is 0.818. The second-order valence-corrected chi connectivity index (χ2v) is 3.87. The lowest BCUT2D eigenvalue weighted by Crippen LogP contribution is -2.13. The van der Waals surface area contributed by atoms with Crippen LogP contribution in [0.15, 0.2) is 11.6 Å². The van der Waals surface area contributed by atoms with Gasteiger partial charge in [-0.05, 0) is 38.1 Å². The molecule has 1 nitrogen and oxygen atoms in total. The Bertz CT molecular complexity index is 149. The Morgan fingerprint density at radius 2 is 2.08 bits per heavy atom. The van der Waals surface area contributed by atoms with Crippen molar-refractivity contribution in [1.29, 1.82) is 0 Å². The van der Waals surface area contributed by atoms with Crippen LogP contribution in [0.25, 0.3) is 0 Å². The Morgan fingerprint density at radius 1 is 1.33 bits per heavy atom. The van der Waals surface area contributed by atoms with Crippen molar-refractivity contribution in [2.24, 2.45) is 11.7 Å². The highest BCUT2D eigenvalue weighted by Gasteiger charge is 2.07. The standard InChI is InChI=1S/C11H21N/c1-10(9-12)11-7-5-3-2-4-6-8-11/h7,10H,2-6,8-9,12H2,1H3/b11-7+. The van der Waals surface area contributed by atoms with Crippen molar-refractivity contribution in [3.63, 3.8) is 0 Å². The molecule has 0 spiro atoms. The maximum absolute atomic E-state index is 5.65. The molecular weight excluding hydrogens is 146 g/mol. The summed E-state index contributed by atoms with van der Waals surface area (Å²) in [5.74, 6) is 0.614. The van der Waals surface area contributed by atoms with Crippen molar-refractivity contribution in [1.82, 2.24) is 0 Å². The Morgan fingerprint density at radius 3 is 2.83 bits per heavy atom. The molecule has 0 radical (unpaired) electrons. The lowest BCUT2D eigenvalue weighted by atomic mass is 9.92. The van der Waals surface area contributed by atoms with Gasteiger partial charge in [0.25, 0.3) is 0 Å². The summed E-state index contributed by atoms with van der Waals surface area (Å²) in [4.78, 5) is 0. The van der Waals surface area contributed by atoms with Crippen LogP contribution in [-0.2, 0) is 0 Å². The van der Waals surface area contributed by atoms with Gasteiger partial charge in [0.1, 0.15) is 0 Å². The number of hydrogen-bond donors (Lipinski definition) is 1. The van der Waals surface area contributed by atoms with E-state index in [1.54, 1.807) is 5.57 Å². The quantitative estimate of drug-likeness (QED) is 0.629. The summed E-state index contributed by atoms with van der Waals surface area (Å²) in [6.45, 7) is 3.05. The Kier molecular flexibility index (Phi) is 4.37. The van der Waals surface area contributed by atoms with Crippen LogP contribution in [0, 0.1) is 5.92 Å². The highest BCUT2D eigenvalue weighted by atomic mass is 14.5. The number of allylic oxidation sites excluding steroid dienone is 1. The van der Waals surface area contributed by atoms with E-state index >= 15 is 0 Å². The molecule has 0 amide bonds. The molecule has 0 aromatic rings. The second kappa shape index (κ2) is 5.36. The first-order chi connectivity index (χ1) is 5.84. The van der Waals surface area contributed by atoms with Crippen molar-refractivity contribution in [3.05, 3.63) is 11.6 Å². The van der Waals surface area contributed by atoms with Crippen molar-refractivity contribution >= 4 is 0 Å². The third kappa shape index (κ3) is 2.98. The molecule has 0 bridgehead atoms. The molecule has 0 aromatic carbocycles. The first-order valence-corrected chi connectivity index (χ1v) is 5.23. The third-order valence-corrected chi connectivity index (χ3v) is 2.81. The monoisotopic (exact) mass is 167 g/mol. The molecular formula is C11H21N. The van der Waals surface area contributed by atoms with E-state index in [2.05, 4.69) is 13.0 Å². The van der Waals surface area contributed by atoms with Gasteiger partial charge >= 0.3 is 0 Å². The predicted molar refractivity (Wildman–Crippen MR) is 54.0 cm³/mol. The van der Waals surface area contributed by atoms with Crippen molar-refractivity contribution in [2.75, 3.05) is 6.54 Å². The molecule has 1 unspecified atom stereocenters. The fourth-order valence-electron chi connectivity index (χ4n) is 1.82. The van der Waals surface area contributed by atoms with Gasteiger partial charge in [0.15, 0.2) is 0 Å². The molecule has 0 saturated heterocycles. The van der Waals surface area contributed by atoms with E-state index in [1.165, 1.54) is 38.5 Å². The summed E-state index contributed by atoms with van der Waals surface area (Å²) < 4.78 is 0. The molecule has 1 rings (SSSR count). The van der Waals surface area contributed by atoms with Crippen LogP contribution in [0.3, 0.4) is 0 Å². The molecule has 70 valence electrons. The van der Waals surface area contributed by atoms with Crippen LogP contribution in [0.4, 0.5) is 0 Å². The smallest absolute Gasteiger partial charge is 0.00142 e. The summed E-state index contributed by atoms with van der Waals surface area (Å²) in [5, 5.41) is 0. The van der Waals surface area contributed by atoms with E-state index in [1.807, 2.05) is 0 Å². The van der Waals surface area contributed by atoms with Gasteiger partial charge in [-0.3, -0.25) is 0 Å². The van der Waals surface area contributed by atoms with Crippen LogP contribution < -0.4 is 5.73 Å². The zero-order valence-electron chi connectivity index (χ0n) is 8.18. The highest BCUT2D eigenvalue weighted by molar-refractivity contribution is 5.06. The molecule has 0 fully saturated rings. The van der Waals surface area contributed by atoms with E-state index in [0.29, 0.717) is 5.92 Å². The SMILES string of the molecule is CC(CN)/C1=C/CCCCCC1. The van der Waals surface area contributed by atoms with Crippen molar-refractivity contribution in [3.8, 4) is 0 Å². The average Bonchev–Trinajstić information content (AvgIpc) is 2.02. The summed E-state index contributed by atoms with van der Waals surface area (Å²) in [6.07, 6.45) is 10.6. The van der Waals surface area contributed by atoms with Crippen LogP contribution in [0.1, 0.15) is 45.4 Å². The molecule has 0 aliphatic heterocycles. The third-order valence-electron chi connectivity index (χ3n) is 2.81. The minimum atomic E-state index is 0.614. The molecule has 12 heavy (non-hydrogen) atoms. The van der Waals surface area contributed by atoms with Crippen molar-refractivity contribution in [2.45, 2.75) is 45.4 Å². The number of rotatable bonds is 2. The lowest BCUT2D eigenvalue weighted by Gasteiger charge is -2.16. The molecule has 1 aliphatic carbocycles. The molecule has 0 aromatic heterocycles. The van der Waals surface area contributed by atoms with Crippen molar-refractivity contribution < 1.29 is 0 Å². The topological polar surface area (TPSA) is 26.0 Å². The minimum absolute atomic E-state index is 0.614. The first kappa shape index (κ1) is 9.79. The molecule has 1 aliphatic rings. The number of hydrogen-bond acceptors (Lipinski definition) is 1. The van der Waals surface area contributed by atoms with Crippen LogP contribution >= 0.6 is 0 Å². The van der Waals surface area contributed by atoms with Gasteiger partial charge in [-0.25, -0.2) is 0 Å². The Balaban J connectivity index is 2.46. The van der Waals surface area contributed by atoms with Crippen LogP contribution in [0.5, 0.6) is 0 Å². The zero-order valence-corrected chi connectivity index (χ0v) is 8.18. The Labute approximate surface area is 76.0 Å². The largest absolute Gasteiger partial charge is 0.330 e. The molecule has 0 heterocycles. The molecule has 0 saturated carbocycles. The normalized spacial score (nSPS) is 26.7. The summed E-state index contributed by atoms with van der Waals surface area (Å²) in [5.41, 5.74) is 7.26. The molecule has 1 heteroatoms. The van der Waals surface area contributed by atoms with E-state index in [4.69, 9.17) is 5.73 Å². The Hall–Kier alpha value is -0.300. The van der Waals surface area contributed by atoms with Gasteiger partial charge in [-0.1, -0.05) is 31.4 Å². The predicted octanol–water partition coefficient (Wildman–Crippen LogP) is 2.86. The van der Waals surface area contributed by atoms with Gasteiger partial charge in [-0.15, -0.1) is 0 Å². The van der Waals surface area contributed by atoms with Gasteiger partial charge in [0.2, 0.25) is 0 Å². The summed E-state index contributed by atoms with van der Waals surface area (Å²) in [7, 11) is 0.